The highest BCUT2D eigenvalue weighted by atomic mass is 35.5. The molecule has 0 bridgehead atoms. The average Bonchev–Trinajstić information content (AvgIpc) is 2.88. The van der Waals surface area contributed by atoms with Crippen molar-refractivity contribution in [3.63, 3.8) is 0 Å². The van der Waals surface area contributed by atoms with Crippen molar-refractivity contribution in [2.24, 2.45) is 0 Å². The second-order valence-corrected chi connectivity index (χ2v) is 8.92. The van der Waals surface area contributed by atoms with E-state index >= 15 is 0 Å². The number of amidine groups is 1. The third-order valence-electron chi connectivity index (χ3n) is 3.80. The number of hydrogen-bond donors (Lipinski definition) is 1. The van der Waals surface area contributed by atoms with Crippen LogP contribution in [0.5, 0.6) is 11.5 Å². The van der Waals surface area contributed by atoms with Crippen molar-refractivity contribution in [3.8, 4) is 11.5 Å². The molecule has 2 aliphatic heterocycles. The Kier molecular flexibility index (Phi) is 3.94. The molecule has 0 radical (unpaired) electrons. The molecule has 1 aromatic rings. The van der Waals surface area contributed by atoms with E-state index in [1.807, 2.05) is 0 Å². The van der Waals surface area contributed by atoms with Crippen molar-refractivity contribution >= 4 is 44.1 Å². The number of benzene rings is 1. The number of nitrogens with zero attached hydrogens (tertiary/aromatic N) is 1. The van der Waals surface area contributed by atoms with Crippen LogP contribution in [0.25, 0.3) is 0 Å². The smallest absolute Gasteiger partial charge is 0.161 e. The van der Waals surface area contributed by atoms with E-state index in [0.717, 1.165) is 0 Å². The van der Waals surface area contributed by atoms with Crippen molar-refractivity contribution < 1.29 is 17.9 Å². The maximum absolute atomic E-state index is 11.9. The normalized spacial score (nSPS) is 26.1. The quantitative estimate of drug-likeness (QED) is 0.886. The van der Waals surface area contributed by atoms with Crippen LogP contribution in [0.4, 0.5) is 5.69 Å². The SMILES string of the molecule is COc1cc(OC)c(N2C(=N)SC3CS(=O)(=O)CC32)cc1Cl. The molecule has 0 aliphatic carbocycles. The van der Waals surface area contributed by atoms with Crippen LogP contribution >= 0.6 is 23.4 Å². The first-order chi connectivity index (χ1) is 10.4. The van der Waals surface area contributed by atoms with Crippen molar-refractivity contribution in [2.75, 3.05) is 30.6 Å². The molecule has 22 heavy (non-hydrogen) atoms. The van der Waals surface area contributed by atoms with Crippen molar-refractivity contribution in [2.45, 2.75) is 11.3 Å². The lowest BCUT2D eigenvalue weighted by atomic mass is 10.2. The third kappa shape index (κ3) is 2.53. The van der Waals surface area contributed by atoms with E-state index in [0.29, 0.717) is 27.4 Å². The highest BCUT2D eigenvalue weighted by molar-refractivity contribution is 8.15. The molecule has 0 amide bonds. The highest BCUT2D eigenvalue weighted by Crippen LogP contribution is 2.46. The van der Waals surface area contributed by atoms with E-state index < -0.39 is 9.84 Å². The van der Waals surface area contributed by atoms with Crippen molar-refractivity contribution in [1.82, 2.24) is 0 Å². The summed E-state index contributed by atoms with van der Waals surface area (Å²) < 4.78 is 34.3. The van der Waals surface area contributed by atoms with Gasteiger partial charge in [-0.15, -0.1) is 0 Å². The Morgan fingerprint density at radius 2 is 1.95 bits per heavy atom. The summed E-state index contributed by atoms with van der Waals surface area (Å²) in [5.74, 6) is 1.11. The van der Waals surface area contributed by atoms with Gasteiger partial charge in [0.2, 0.25) is 0 Å². The van der Waals surface area contributed by atoms with Gasteiger partial charge in [0.05, 0.1) is 42.5 Å². The minimum Gasteiger partial charge on any atom is -0.495 e. The Morgan fingerprint density at radius 3 is 2.59 bits per heavy atom. The predicted octanol–water partition coefficient (Wildman–Crippen LogP) is 2.01. The number of nitrogens with one attached hydrogen (secondary N) is 1. The Hall–Kier alpha value is -1.12. The Morgan fingerprint density at radius 1 is 1.27 bits per heavy atom. The van der Waals surface area contributed by atoms with E-state index in [-0.39, 0.29) is 22.8 Å². The lowest BCUT2D eigenvalue weighted by Gasteiger charge is -2.26. The first-order valence-electron chi connectivity index (χ1n) is 6.52. The van der Waals surface area contributed by atoms with Crippen LogP contribution in [0.2, 0.25) is 5.02 Å². The number of anilines is 1. The fourth-order valence-electron chi connectivity index (χ4n) is 2.82. The molecule has 2 atom stereocenters. The minimum atomic E-state index is -3.07. The second-order valence-electron chi connectivity index (χ2n) is 5.13. The zero-order valence-electron chi connectivity index (χ0n) is 12.0. The lowest BCUT2D eigenvalue weighted by molar-refractivity contribution is 0.394. The molecule has 2 saturated heterocycles. The van der Waals surface area contributed by atoms with Gasteiger partial charge in [0.25, 0.3) is 0 Å². The maximum atomic E-state index is 11.9. The van der Waals surface area contributed by atoms with E-state index in [1.54, 1.807) is 17.0 Å². The number of hydrogen-bond acceptors (Lipinski definition) is 6. The number of fused-ring (bicyclic) bond motifs is 1. The fraction of sp³-hybridized carbons (Fsp3) is 0.462. The molecule has 9 heteroatoms. The zero-order chi connectivity index (χ0) is 16.1. The van der Waals surface area contributed by atoms with Crippen molar-refractivity contribution in [1.29, 1.82) is 5.41 Å². The maximum Gasteiger partial charge on any atom is 0.161 e. The molecule has 1 aromatic carbocycles. The Labute approximate surface area is 138 Å². The van der Waals surface area contributed by atoms with Gasteiger partial charge >= 0.3 is 0 Å². The molecule has 1 N–H and O–H groups in total. The molecule has 0 saturated carbocycles. The number of thioether (sulfide) groups is 1. The monoisotopic (exact) mass is 362 g/mol. The van der Waals surface area contributed by atoms with Crippen molar-refractivity contribution in [3.05, 3.63) is 17.2 Å². The molecule has 0 spiro atoms. The third-order valence-corrected chi connectivity index (χ3v) is 7.22. The van der Waals surface area contributed by atoms with Gasteiger partial charge in [-0.2, -0.15) is 0 Å². The van der Waals surface area contributed by atoms with Gasteiger partial charge in [0, 0.05) is 11.3 Å². The van der Waals surface area contributed by atoms with Crippen LogP contribution < -0.4 is 14.4 Å². The Bertz CT molecular complexity index is 738. The highest BCUT2D eigenvalue weighted by Gasteiger charge is 2.49. The average molecular weight is 363 g/mol. The van der Waals surface area contributed by atoms with E-state index in [1.165, 1.54) is 26.0 Å². The van der Waals surface area contributed by atoms with Crippen LogP contribution in [0.3, 0.4) is 0 Å². The van der Waals surface area contributed by atoms with Crippen LogP contribution in [0.15, 0.2) is 12.1 Å². The van der Waals surface area contributed by atoms with Gasteiger partial charge in [-0.25, -0.2) is 8.42 Å². The summed E-state index contributed by atoms with van der Waals surface area (Å²) in [7, 11) is -0.0467. The topological polar surface area (TPSA) is 79.7 Å². The summed E-state index contributed by atoms with van der Waals surface area (Å²) in [6.07, 6.45) is 0. The number of sulfone groups is 1. The number of halogens is 1. The molecule has 0 aromatic heterocycles. The largest absolute Gasteiger partial charge is 0.495 e. The van der Waals surface area contributed by atoms with Gasteiger partial charge in [-0.1, -0.05) is 23.4 Å². The van der Waals surface area contributed by atoms with Gasteiger partial charge in [-0.3, -0.25) is 5.41 Å². The summed E-state index contributed by atoms with van der Waals surface area (Å²) in [6, 6.07) is 3.04. The molecular formula is C13H15ClN2O4S2. The van der Waals surface area contributed by atoms with Gasteiger partial charge in [0.15, 0.2) is 15.0 Å². The lowest BCUT2D eigenvalue weighted by Crippen LogP contribution is -2.37. The van der Waals surface area contributed by atoms with E-state index in [2.05, 4.69) is 0 Å². The summed E-state index contributed by atoms with van der Waals surface area (Å²) >= 11 is 7.46. The molecule has 3 rings (SSSR count). The summed E-state index contributed by atoms with van der Waals surface area (Å²) in [5.41, 5.74) is 0.593. The minimum absolute atomic E-state index is 0.0415. The first-order valence-corrected chi connectivity index (χ1v) is 9.60. The molecular weight excluding hydrogens is 348 g/mol. The van der Waals surface area contributed by atoms with Crippen LogP contribution in [0, 0.1) is 5.41 Å². The zero-order valence-corrected chi connectivity index (χ0v) is 14.4. The first kappa shape index (κ1) is 15.8. The number of methoxy groups -OCH3 is 2. The summed E-state index contributed by atoms with van der Waals surface area (Å²) in [5, 5.41) is 8.75. The molecule has 2 unspecified atom stereocenters. The number of ether oxygens (including phenoxy) is 2. The molecule has 6 nitrogen and oxygen atoms in total. The molecule has 120 valence electrons. The van der Waals surface area contributed by atoms with Crippen LogP contribution in [0.1, 0.15) is 0 Å². The molecule has 2 heterocycles. The number of rotatable bonds is 3. The van der Waals surface area contributed by atoms with Crippen LogP contribution in [-0.4, -0.2) is 50.6 Å². The van der Waals surface area contributed by atoms with Gasteiger partial charge in [0.1, 0.15) is 11.5 Å². The van der Waals surface area contributed by atoms with E-state index in [9.17, 15) is 8.42 Å². The molecule has 2 fully saturated rings. The second kappa shape index (κ2) is 5.50. The molecule has 2 aliphatic rings. The van der Waals surface area contributed by atoms with Crippen LogP contribution in [-0.2, 0) is 9.84 Å². The fourth-order valence-corrected chi connectivity index (χ4v) is 6.84. The predicted molar refractivity (Wildman–Crippen MR) is 88.6 cm³/mol. The van der Waals surface area contributed by atoms with Gasteiger partial charge < -0.3 is 14.4 Å². The summed E-state index contributed by atoms with van der Waals surface area (Å²) in [4.78, 5) is 1.70. The van der Waals surface area contributed by atoms with Gasteiger partial charge in [-0.05, 0) is 6.07 Å². The Balaban J connectivity index is 2.06. The standard InChI is InChI=1S/C13H15ClN2O4S2/c1-19-10-4-11(20-2)8(3-7(10)14)16-9-5-22(17,18)6-12(9)21-13(16)15/h3-4,9,12,15H,5-6H2,1-2H3. The summed E-state index contributed by atoms with van der Waals surface area (Å²) in [6.45, 7) is 0. The van der Waals surface area contributed by atoms with E-state index in [4.69, 9.17) is 26.5 Å².